The maximum absolute atomic E-state index is 13.6. The largest absolute Gasteiger partial charge is 0.493 e. The summed E-state index contributed by atoms with van der Waals surface area (Å²) >= 11 is 0. The van der Waals surface area contributed by atoms with E-state index in [4.69, 9.17) is 14.2 Å². The second-order valence-corrected chi connectivity index (χ2v) is 7.58. The van der Waals surface area contributed by atoms with Gasteiger partial charge in [0.2, 0.25) is 5.75 Å². The predicted molar refractivity (Wildman–Crippen MR) is 121 cm³/mol. The van der Waals surface area contributed by atoms with Crippen LogP contribution in [0.1, 0.15) is 27.0 Å². The van der Waals surface area contributed by atoms with Crippen LogP contribution >= 0.6 is 0 Å². The molecule has 0 N–H and O–H groups in total. The number of hydrogen-bond donors (Lipinski definition) is 0. The first-order valence-corrected chi connectivity index (χ1v) is 10.3. The Labute approximate surface area is 185 Å². The van der Waals surface area contributed by atoms with E-state index >= 15 is 0 Å². The number of anilines is 1. The number of carbonyl (C=O) groups excluding carboxylic acids is 2. The molecule has 2 amide bonds. The molecule has 5 rings (SSSR count). The van der Waals surface area contributed by atoms with E-state index in [1.54, 1.807) is 43.5 Å². The van der Waals surface area contributed by atoms with Crippen LogP contribution in [0.15, 0.2) is 60.7 Å². The van der Waals surface area contributed by atoms with Gasteiger partial charge in [-0.25, -0.2) is 4.90 Å². The van der Waals surface area contributed by atoms with Crippen LogP contribution in [0.2, 0.25) is 0 Å². The number of aryl methyl sites for hydroxylation is 1. The third-order valence-corrected chi connectivity index (χ3v) is 5.60. The van der Waals surface area contributed by atoms with E-state index in [1.165, 1.54) is 4.90 Å². The van der Waals surface area contributed by atoms with Gasteiger partial charge in [0.05, 0.1) is 12.8 Å². The molecule has 3 aromatic rings. The van der Waals surface area contributed by atoms with Crippen LogP contribution in [0.4, 0.5) is 5.69 Å². The third-order valence-electron chi connectivity index (χ3n) is 5.60. The summed E-state index contributed by atoms with van der Waals surface area (Å²) in [5, 5.41) is 0. The van der Waals surface area contributed by atoms with E-state index in [1.807, 2.05) is 37.3 Å². The van der Waals surface area contributed by atoms with Gasteiger partial charge in [-0.1, -0.05) is 36.4 Å². The van der Waals surface area contributed by atoms with Crippen molar-refractivity contribution < 1.29 is 23.8 Å². The van der Waals surface area contributed by atoms with Gasteiger partial charge in [-0.15, -0.1) is 0 Å². The van der Waals surface area contributed by atoms with Crippen LogP contribution in [0.5, 0.6) is 17.2 Å². The fourth-order valence-corrected chi connectivity index (χ4v) is 4.07. The summed E-state index contributed by atoms with van der Waals surface area (Å²) in [6.07, 6.45) is 1.76. The summed E-state index contributed by atoms with van der Waals surface area (Å²) in [6.45, 7) is 2.77. The van der Waals surface area contributed by atoms with Crippen molar-refractivity contribution in [3.63, 3.8) is 0 Å². The van der Waals surface area contributed by atoms with Crippen molar-refractivity contribution in [1.29, 1.82) is 0 Å². The van der Waals surface area contributed by atoms with Crippen LogP contribution in [0.3, 0.4) is 0 Å². The Kier molecular flexibility index (Phi) is 4.90. The molecule has 2 aliphatic rings. The number of rotatable bonds is 3. The van der Waals surface area contributed by atoms with Gasteiger partial charge < -0.3 is 14.2 Å². The molecule has 6 heteroatoms. The standard InChI is InChI=1S/C26H21NO5/c1-16-7-3-6-10-21(16)27-25(28)19-9-5-4-8-18(19)20(26(27)29)13-17-14-22(30-2)24-23(15-17)31-11-12-32-24/h3-10,13-15H,11-12H2,1-2H3/b20-13-. The molecule has 0 bridgehead atoms. The lowest BCUT2D eigenvalue weighted by atomic mass is 9.91. The Hall–Kier alpha value is -4.06. The zero-order valence-electron chi connectivity index (χ0n) is 17.8. The second-order valence-electron chi connectivity index (χ2n) is 7.58. The van der Waals surface area contributed by atoms with Crippen LogP contribution in [-0.4, -0.2) is 32.1 Å². The molecule has 0 spiro atoms. The van der Waals surface area contributed by atoms with E-state index in [-0.39, 0.29) is 11.8 Å². The topological polar surface area (TPSA) is 65.1 Å². The van der Waals surface area contributed by atoms with E-state index in [0.717, 1.165) is 5.56 Å². The van der Waals surface area contributed by atoms with Gasteiger partial charge in [0, 0.05) is 11.1 Å². The van der Waals surface area contributed by atoms with Crippen molar-refractivity contribution in [2.24, 2.45) is 0 Å². The number of para-hydroxylation sites is 1. The monoisotopic (exact) mass is 427 g/mol. The lowest BCUT2D eigenvalue weighted by Crippen LogP contribution is -2.42. The van der Waals surface area contributed by atoms with Crippen LogP contribution in [-0.2, 0) is 4.79 Å². The van der Waals surface area contributed by atoms with Gasteiger partial charge in [-0.05, 0) is 54.0 Å². The summed E-state index contributed by atoms with van der Waals surface area (Å²) in [5.74, 6) is 0.921. The van der Waals surface area contributed by atoms with E-state index in [2.05, 4.69) is 0 Å². The van der Waals surface area contributed by atoms with E-state index in [9.17, 15) is 9.59 Å². The molecular weight excluding hydrogens is 406 g/mol. The average molecular weight is 427 g/mol. The molecule has 2 aliphatic heterocycles. The minimum absolute atomic E-state index is 0.336. The number of nitrogens with zero attached hydrogens (tertiary/aromatic N) is 1. The van der Waals surface area contributed by atoms with Gasteiger partial charge >= 0.3 is 0 Å². The molecule has 0 saturated carbocycles. The zero-order valence-corrected chi connectivity index (χ0v) is 17.8. The van der Waals surface area contributed by atoms with Gasteiger partial charge in [0.15, 0.2) is 11.5 Å². The highest BCUT2D eigenvalue weighted by Crippen LogP contribution is 2.42. The summed E-state index contributed by atoms with van der Waals surface area (Å²) in [6, 6.07) is 18.1. The van der Waals surface area contributed by atoms with E-state index < -0.39 is 0 Å². The van der Waals surface area contributed by atoms with Crippen LogP contribution in [0, 0.1) is 6.92 Å². The minimum atomic E-state index is -0.378. The molecule has 0 atom stereocenters. The first-order chi connectivity index (χ1) is 15.6. The summed E-state index contributed by atoms with van der Waals surface area (Å²) in [4.78, 5) is 28.2. The molecule has 2 heterocycles. The van der Waals surface area contributed by atoms with Crippen LogP contribution in [0.25, 0.3) is 11.6 Å². The van der Waals surface area contributed by atoms with Gasteiger partial charge in [-0.2, -0.15) is 0 Å². The number of fused-ring (bicyclic) bond motifs is 2. The van der Waals surface area contributed by atoms with Crippen LogP contribution < -0.4 is 19.1 Å². The van der Waals surface area contributed by atoms with Gasteiger partial charge in [-0.3, -0.25) is 9.59 Å². The molecule has 0 fully saturated rings. The number of hydrogen-bond acceptors (Lipinski definition) is 5. The van der Waals surface area contributed by atoms with Gasteiger partial charge in [0.25, 0.3) is 11.8 Å². The predicted octanol–water partition coefficient (Wildman–Crippen LogP) is 4.50. The maximum Gasteiger partial charge on any atom is 0.265 e. The lowest BCUT2D eigenvalue weighted by molar-refractivity contribution is -0.112. The molecule has 0 aliphatic carbocycles. The molecule has 0 aromatic heterocycles. The molecule has 160 valence electrons. The summed E-state index contributed by atoms with van der Waals surface area (Å²) < 4.78 is 16.9. The minimum Gasteiger partial charge on any atom is -0.493 e. The zero-order chi connectivity index (χ0) is 22.2. The fourth-order valence-electron chi connectivity index (χ4n) is 4.07. The average Bonchev–Trinajstić information content (AvgIpc) is 2.82. The quantitative estimate of drug-likeness (QED) is 0.455. The molecular formula is C26H21NO5. The number of amides is 2. The van der Waals surface area contributed by atoms with Crippen molar-refractivity contribution in [2.45, 2.75) is 6.92 Å². The molecule has 0 saturated heterocycles. The summed E-state index contributed by atoms with van der Waals surface area (Å²) in [5.41, 5.74) is 3.62. The van der Waals surface area contributed by atoms with Crippen molar-refractivity contribution in [3.05, 3.63) is 82.9 Å². The highest BCUT2D eigenvalue weighted by atomic mass is 16.6. The first-order valence-electron chi connectivity index (χ1n) is 10.3. The molecule has 6 nitrogen and oxygen atoms in total. The summed E-state index contributed by atoms with van der Waals surface area (Å²) in [7, 11) is 1.56. The Balaban J connectivity index is 1.69. The molecule has 3 aromatic carbocycles. The molecule has 32 heavy (non-hydrogen) atoms. The molecule has 0 unspecified atom stereocenters. The number of imide groups is 1. The Bertz CT molecular complexity index is 1260. The number of benzene rings is 3. The van der Waals surface area contributed by atoms with Gasteiger partial charge in [0.1, 0.15) is 13.2 Å². The Morgan fingerprint density at radius 2 is 1.62 bits per heavy atom. The smallest absolute Gasteiger partial charge is 0.265 e. The Morgan fingerprint density at radius 3 is 2.41 bits per heavy atom. The Morgan fingerprint density at radius 1 is 0.906 bits per heavy atom. The fraction of sp³-hybridized carbons (Fsp3) is 0.154. The normalized spacial score (nSPS) is 16.2. The third kappa shape index (κ3) is 3.21. The highest BCUT2D eigenvalue weighted by molar-refractivity contribution is 6.43. The van der Waals surface area contributed by atoms with Crippen molar-refractivity contribution in [3.8, 4) is 17.2 Å². The number of methoxy groups -OCH3 is 1. The maximum atomic E-state index is 13.6. The van der Waals surface area contributed by atoms with Crippen molar-refractivity contribution >= 4 is 29.2 Å². The van der Waals surface area contributed by atoms with Crippen molar-refractivity contribution in [2.75, 3.05) is 25.2 Å². The van der Waals surface area contributed by atoms with Crippen molar-refractivity contribution in [1.82, 2.24) is 0 Å². The SMILES string of the molecule is COc1cc(/C=C2\C(=O)N(c3ccccc3C)C(=O)c3ccccc32)cc2c1OCCO2. The van der Waals surface area contributed by atoms with E-state index in [0.29, 0.717) is 58.4 Å². The number of ether oxygens (including phenoxy) is 3. The molecule has 0 radical (unpaired) electrons. The lowest BCUT2D eigenvalue weighted by Gasteiger charge is -2.29. The number of carbonyl (C=O) groups is 2. The highest BCUT2D eigenvalue weighted by Gasteiger charge is 2.36. The second kappa shape index (κ2) is 7.89. The first kappa shape index (κ1) is 19.9.